The molecule has 0 amide bonds. The second kappa shape index (κ2) is 6.10. The molecule has 5 heteroatoms. The van der Waals surface area contributed by atoms with Gasteiger partial charge in [0.25, 0.3) is 0 Å². The largest absolute Gasteiger partial charge is 0.389 e. The molecule has 1 aliphatic rings. The molecule has 0 saturated carbocycles. The van der Waals surface area contributed by atoms with Crippen molar-refractivity contribution in [2.45, 2.75) is 12.8 Å². The zero-order chi connectivity index (χ0) is 14.7. The Morgan fingerprint density at radius 1 is 1.14 bits per heavy atom. The van der Waals surface area contributed by atoms with Gasteiger partial charge in [-0.1, -0.05) is 12.2 Å². The van der Waals surface area contributed by atoms with Crippen LogP contribution < -0.4 is 16.0 Å². The Kier molecular flexibility index (Phi) is 4.01. The SMILES string of the molecule is NC(=S)c1ccncc1Nc1ccc(N2CCCC2)cc1. The summed E-state index contributed by atoms with van der Waals surface area (Å²) in [6.07, 6.45) is 6.00. The summed E-state index contributed by atoms with van der Waals surface area (Å²) < 4.78 is 0. The molecule has 1 aliphatic heterocycles. The fraction of sp³-hybridized carbons (Fsp3) is 0.250. The minimum Gasteiger partial charge on any atom is -0.389 e. The number of benzene rings is 1. The van der Waals surface area contributed by atoms with Crippen molar-refractivity contribution in [2.24, 2.45) is 5.73 Å². The minimum absolute atomic E-state index is 0.369. The van der Waals surface area contributed by atoms with Crippen LogP contribution in [0.25, 0.3) is 0 Å². The fourth-order valence-electron chi connectivity index (χ4n) is 2.60. The van der Waals surface area contributed by atoms with Crippen molar-refractivity contribution in [1.29, 1.82) is 0 Å². The first-order valence-electron chi connectivity index (χ1n) is 7.10. The molecule has 0 atom stereocenters. The zero-order valence-electron chi connectivity index (χ0n) is 11.7. The summed E-state index contributed by atoms with van der Waals surface area (Å²) >= 11 is 5.06. The summed E-state index contributed by atoms with van der Waals surface area (Å²) in [6, 6.07) is 10.3. The van der Waals surface area contributed by atoms with Crippen LogP contribution in [0, 0.1) is 0 Å². The van der Waals surface area contributed by atoms with E-state index in [0.717, 1.165) is 30.0 Å². The normalized spacial score (nSPS) is 14.2. The van der Waals surface area contributed by atoms with Crippen molar-refractivity contribution in [2.75, 3.05) is 23.3 Å². The molecule has 0 bridgehead atoms. The Morgan fingerprint density at radius 3 is 2.52 bits per heavy atom. The van der Waals surface area contributed by atoms with Gasteiger partial charge >= 0.3 is 0 Å². The van der Waals surface area contributed by atoms with Gasteiger partial charge < -0.3 is 16.0 Å². The van der Waals surface area contributed by atoms with E-state index >= 15 is 0 Å². The molecule has 1 aromatic heterocycles. The number of anilines is 3. The van der Waals surface area contributed by atoms with E-state index in [-0.39, 0.29) is 0 Å². The van der Waals surface area contributed by atoms with Crippen molar-refractivity contribution in [3.63, 3.8) is 0 Å². The van der Waals surface area contributed by atoms with Crippen LogP contribution in [-0.4, -0.2) is 23.1 Å². The van der Waals surface area contributed by atoms with E-state index in [0.29, 0.717) is 4.99 Å². The highest BCUT2D eigenvalue weighted by atomic mass is 32.1. The molecule has 4 nitrogen and oxygen atoms in total. The Morgan fingerprint density at radius 2 is 1.86 bits per heavy atom. The van der Waals surface area contributed by atoms with Crippen LogP contribution in [-0.2, 0) is 0 Å². The maximum atomic E-state index is 5.73. The van der Waals surface area contributed by atoms with Gasteiger partial charge in [-0.25, -0.2) is 0 Å². The first-order valence-corrected chi connectivity index (χ1v) is 7.51. The van der Waals surface area contributed by atoms with Gasteiger partial charge in [-0.05, 0) is 43.2 Å². The predicted octanol–water partition coefficient (Wildman–Crippen LogP) is 3.06. The Hall–Kier alpha value is -2.14. The van der Waals surface area contributed by atoms with E-state index in [9.17, 15) is 0 Å². The number of nitrogens with two attached hydrogens (primary N) is 1. The first kappa shape index (κ1) is 13.8. The van der Waals surface area contributed by atoms with Crippen molar-refractivity contribution in [3.05, 3.63) is 48.3 Å². The predicted molar refractivity (Wildman–Crippen MR) is 91.3 cm³/mol. The van der Waals surface area contributed by atoms with Crippen LogP contribution in [0.15, 0.2) is 42.7 Å². The van der Waals surface area contributed by atoms with Crippen LogP contribution in [0.2, 0.25) is 0 Å². The molecular weight excluding hydrogens is 280 g/mol. The smallest absolute Gasteiger partial charge is 0.106 e. The summed E-state index contributed by atoms with van der Waals surface area (Å²) in [5.74, 6) is 0. The summed E-state index contributed by atoms with van der Waals surface area (Å²) in [4.78, 5) is 6.90. The number of pyridine rings is 1. The van der Waals surface area contributed by atoms with E-state index in [1.807, 2.05) is 6.07 Å². The number of rotatable bonds is 4. The van der Waals surface area contributed by atoms with Crippen molar-refractivity contribution >= 4 is 34.3 Å². The van der Waals surface area contributed by atoms with Crippen molar-refractivity contribution < 1.29 is 0 Å². The monoisotopic (exact) mass is 298 g/mol. The highest BCUT2D eigenvalue weighted by Crippen LogP contribution is 2.25. The number of hydrogen-bond acceptors (Lipinski definition) is 4. The molecule has 0 spiro atoms. The lowest BCUT2D eigenvalue weighted by molar-refractivity contribution is 0.949. The van der Waals surface area contributed by atoms with Gasteiger partial charge in [-0.3, -0.25) is 4.98 Å². The highest BCUT2D eigenvalue weighted by molar-refractivity contribution is 7.80. The van der Waals surface area contributed by atoms with Gasteiger partial charge in [0.05, 0.1) is 11.9 Å². The Balaban J connectivity index is 1.77. The van der Waals surface area contributed by atoms with Gasteiger partial charge in [0.15, 0.2) is 0 Å². The molecule has 0 unspecified atom stereocenters. The average Bonchev–Trinajstić information content (AvgIpc) is 3.03. The topological polar surface area (TPSA) is 54.2 Å². The molecule has 3 rings (SSSR count). The van der Waals surface area contributed by atoms with E-state index in [1.54, 1.807) is 12.4 Å². The number of thiocarbonyl (C=S) groups is 1. The lowest BCUT2D eigenvalue weighted by Crippen LogP contribution is -2.17. The molecule has 1 aromatic carbocycles. The van der Waals surface area contributed by atoms with Crippen LogP contribution in [0.1, 0.15) is 18.4 Å². The third kappa shape index (κ3) is 3.13. The van der Waals surface area contributed by atoms with E-state index < -0.39 is 0 Å². The molecule has 2 heterocycles. The lowest BCUT2D eigenvalue weighted by Gasteiger charge is -2.18. The molecule has 3 N–H and O–H groups in total. The van der Waals surface area contributed by atoms with E-state index in [1.165, 1.54) is 18.5 Å². The summed E-state index contributed by atoms with van der Waals surface area (Å²) in [5, 5.41) is 3.32. The van der Waals surface area contributed by atoms with Gasteiger partial charge in [-0.15, -0.1) is 0 Å². The molecule has 1 saturated heterocycles. The van der Waals surface area contributed by atoms with Crippen LogP contribution >= 0.6 is 12.2 Å². The zero-order valence-corrected chi connectivity index (χ0v) is 12.6. The Bertz CT molecular complexity index is 633. The van der Waals surface area contributed by atoms with Gasteiger partial charge in [0, 0.05) is 36.2 Å². The molecular formula is C16H18N4S. The summed E-state index contributed by atoms with van der Waals surface area (Å²) in [7, 11) is 0. The molecule has 1 fully saturated rings. The fourth-order valence-corrected chi connectivity index (χ4v) is 2.77. The van der Waals surface area contributed by atoms with Gasteiger partial charge in [0.2, 0.25) is 0 Å². The minimum atomic E-state index is 0.369. The van der Waals surface area contributed by atoms with Crippen LogP contribution in [0.5, 0.6) is 0 Å². The third-order valence-electron chi connectivity index (χ3n) is 3.70. The Labute approximate surface area is 130 Å². The van der Waals surface area contributed by atoms with Crippen molar-refractivity contribution in [1.82, 2.24) is 4.98 Å². The van der Waals surface area contributed by atoms with E-state index in [4.69, 9.17) is 18.0 Å². The third-order valence-corrected chi connectivity index (χ3v) is 3.92. The molecule has 108 valence electrons. The number of hydrogen-bond donors (Lipinski definition) is 2. The molecule has 0 radical (unpaired) electrons. The van der Waals surface area contributed by atoms with Crippen molar-refractivity contribution in [3.8, 4) is 0 Å². The summed E-state index contributed by atoms with van der Waals surface area (Å²) in [6.45, 7) is 2.31. The van der Waals surface area contributed by atoms with Gasteiger partial charge in [-0.2, -0.15) is 0 Å². The van der Waals surface area contributed by atoms with E-state index in [2.05, 4.69) is 39.5 Å². The number of nitrogens with one attached hydrogen (secondary N) is 1. The number of nitrogens with zero attached hydrogens (tertiary/aromatic N) is 2. The second-order valence-corrected chi connectivity index (χ2v) is 5.59. The van der Waals surface area contributed by atoms with Crippen LogP contribution in [0.4, 0.5) is 17.1 Å². The summed E-state index contributed by atoms with van der Waals surface area (Å²) in [5.41, 5.74) is 9.65. The standard InChI is InChI=1S/C16H18N4S/c17-16(21)14-7-8-18-11-15(14)19-12-3-5-13(6-4-12)20-9-1-2-10-20/h3-8,11,19H,1-2,9-10H2,(H2,17,21). The highest BCUT2D eigenvalue weighted by Gasteiger charge is 2.12. The van der Waals surface area contributed by atoms with Crippen LogP contribution in [0.3, 0.4) is 0 Å². The second-order valence-electron chi connectivity index (χ2n) is 5.15. The molecule has 0 aliphatic carbocycles. The number of aromatic nitrogens is 1. The lowest BCUT2D eigenvalue weighted by atomic mass is 10.2. The quantitative estimate of drug-likeness (QED) is 0.850. The first-order chi connectivity index (χ1) is 10.2. The maximum Gasteiger partial charge on any atom is 0.106 e. The maximum absolute atomic E-state index is 5.73. The molecule has 21 heavy (non-hydrogen) atoms. The average molecular weight is 298 g/mol. The molecule has 2 aromatic rings. The van der Waals surface area contributed by atoms with Gasteiger partial charge in [0.1, 0.15) is 4.99 Å².